The average Bonchev–Trinajstić information content (AvgIpc) is 2.38. The van der Waals surface area contributed by atoms with E-state index >= 15 is 0 Å². The first-order valence-corrected chi connectivity index (χ1v) is 6.72. The number of hydrogen-bond donors (Lipinski definition) is 2. The van der Waals surface area contributed by atoms with Gasteiger partial charge in [0.1, 0.15) is 5.75 Å². The predicted octanol–water partition coefficient (Wildman–Crippen LogP) is 2.82. The summed E-state index contributed by atoms with van der Waals surface area (Å²) < 4.78 is 5.28. The van der Waals surface area contributed by atoms with E-state index in [2.05, 4.69) is 12.2 Å². The van der Waals surface area contributed by atoms with E-state index in [1.54, 1.807) is 7.11 Å². The summed E-state index contributed by atoms with van der Waals surface area (Å²) >= 11 is 0. The van der Waals surface area contributed by atoms with E-state index in [0.29, 0.717) is 6.54 Å². The molecule has 0 saturated carbocycles. The average molecular weight is 251 g/mol. The van der Waals surface area contributed by atoms with Crippen LogP contribution in [0.2, 0.25) is 0 Å². The molecule has 0 saturated heterocycles. The van der Waals surface area contributed by atoms with Gasteiger partial charge in [0.2, 0.25) is 0 Å². The Morgan fingerprint density at radius 1 is 1.33 bits per heavy atom. The fraction of sp³-hybridized carbons (Fsp3) is 0.600. The summed E-state index contributed by atoms with van der Waals surface area (Å²) in [6.07, 6.45) is 3.10. The molecule has 1 aromatic carbocycles. The summed E-state index contributed by atoms with van der Waals surface area (Å²) in [5, 5.41) is 13.5. The van der Waals surface area contributed by atoms with E-state index in [-0.39, 0.29) is 0 Å². The number of unbranched alkanes of at least 4 members (excludes halogenated alkanes) is 2. The molecule has 1 unspecified atom stereocenters. The van der Waals surface area contributed by atoms with Crippen LogP contribution in [-0.4, -0.2) is 25.3 Å². The molecule has 1 rings (SSSR count). The number of nitrogens with one attached hydrogen (secondary N) is 1. The van der Waals surface area contributed by atoms with Gasteiger partial charge in [0.25, 0.3) is 0 Å². The second-order valence-corrected chi connectivity index (χ2v) is 4.67. The Morgan fingerprint density at radius 2 is 2.11 bits per heavy atom. The van der Waals surface area contributed by atoms with E-state index in [0.717, 1.165) is 29.8 Å². The molecule has 0 aromatic heterocycles. The third-order valence-corrected chi connectivity index (χ3v) is 3.04. The van der Waals surface area contributed by atoms with Gasteiger partial charge in [-0.25, -0.2) is 0 Å². The normalized spacial score (nSPS) is 12.4. The van der Waals surface area contributed by atoms with Crippen LogP contribution >= 0.6 is 0 Å². The molecule has 3 heteroatoms. The van der Waals surface area contributed by atoms with Gasteiger partial charge >= 0.3 is 0 Å². The first-order valence-electron chi connectivity index (χ1n) is 6.72. The van der Waals surface area contributed by atoms with E-state index in [4.69, 9.17) is 4.74 Å². The number of aliphatic hydroxyl groups is 1. The highest BCUT2D eigenvalue weighted by Gasteiger charge is 2.12. The quantitative estimate of drug-likeness (QED) is 0.698. The standard InChI is InChI=1S/C15H25NO2/c1-4-5-6-9-16-11-14(17)13-10-12(2)7-8-15(13)18-3/h7-8,10,14,16-17H,4-6,9,11H2,1-3H3. The molecule has 0 radical (unpaired) electrons. The molecule has 0 amide bonds. The molecule has 0 aliphatic heterocycles. The number of rotatable bonds is 8. The third kappa shape index (κ3) is 4.67. The first-order chi connectivity index (χ1) is 8.69. The Kier molecular flexibility index (Phi) is 6.76. The third-order valence-electron chi connectivity index (χ3n) is 3.04. The molecule has 1 aromatic rings. The number of hydrogen-bond acceptors (Lipinski definition) is 3. The maximum atomic E-state index is 10.2. The predicted molar refractivity (Wildman–Crippen MR) is 75.1 cm³/mol. The first kappa shape index (κ1) is 15.0. The minimum absolute atomic E-state index is 0.513. The smallest absolute Gasteiger partial charge is 0.124 e. The maximum absolute atomic E-state index is 10.2. The number of benzene rings is 1. The topological polar surface area (TPSA) is 41.5 Å². The Hall–Kier alpha value is -1.06. The summed E-state index contributed by atoms with van der Waals surface area (Å²) in [4.78, 5) is 0. The highest BCUT2D eigenvalue weighted by Crippen LogP contribution is 2.25. The molecule has 0 bridgehead atoms. The van der Waals surface area contributed by atoms with Gasteiger partial charge in [-0.2, -0.15) is 0 Å². The van der Waals surface area contributed by atoms with E-state index in [1.165, 1.54) is 12.8 Å². The van der Waals surface area contributed by atoms with Gasteiger partial charge in [0.15, 0.2) is 0 Å². The zero-order valence-corrected chi connectivity index (χ0v) is 11.7. The number of methoxy groups -OCH3 is 1. The van der Waals surface area contributed by atoms with Crippen LogP contribution in [0.4, 0.5) is 0 Å². The second-order valence-electron chi connectivity index (χ2n) is 4.67. The Labute approximate surface area is 110 Å². The summed E-state index contributed by atoms with van der Waals surface area (Å²) in [5.74, 6) is 0.753. The minimum atomic E-state index is -0.513. The summed E-state index contributed by atoms with van der Waals surface area (Å²) in [6.45, 7) is 5.74. The van der Waals surface area contributed by atoms with Crippen molar-refractivity contribution in [3.8, 4) is 5.75 Å². The molecule has 0 aliphatic rings. The van der Waals surface area contributed by atoms with Crippen LogP contribution in [0.5, 0.6) is 5.75 Å². The van der Waals surface area contributed by atoms with Crippen LogP contribution in [-0.2, 0) is 0 Å². The van der Waals surface area contributed by atoms with Gasteiger partial charge in [-0.15, -0.1) is 0 Å². The molecule has 2 N–H and O–H groups in total. The number of aliphatic hydroxyl groups excluding tert-OH is 1. The molecule has 0 heterocycles. The van der Waals surface area contributed by atoms with Crippen molar-refractivity contribution in [3.05, 3.63) is 29.3 Å². The van der Waals surface area contributed by atoms with Gasteiger partial charge in [-0.05, 0) is 32.0 Å². The fourth-order valence-corrected chi connectivity index (χ4v) is 1.96. The van der Waals surface area contributed by atoms with Crippen LogP contribution in [0.1, 0.15) is 43.4 Å². The van der Waals surface area contributed by atoms with Crippen molar-refractivity contribution in [2.45, 2.75) is 39.2 Å². The van der Waals surface area contributed by atoms with E-state index < -0.39 is 6.10 Å². The monoisotopic (exact) mass is 251 g/mol. The lowest BCUT2D eigenvalue weighted by Crippen LogP contribution is -2.22. The van der Waals surface area contributed by atoms with Crippen LogP contribution in [0.15, 0.2) is 18.2 Å². The number of ether oxygens (including phenoxy) is 1. The van der Waals surface area contributed by atoms with Crippen molar-refractivity contribution in [2.75, 3.05) is 20.2 Å². The van der Waals surface area contributed by atoms with Crippen molar-refractivity contribution in [1.29, 1.82) is 0 Å². The van der Waals surface area contributed by atoms with Crippen molar-refractivity contribution in [3.63, 3.8) is 0 Å². The molecular formula is C15H25NO2. The van der Waals surface area contributed by atoms with Gasteiger partial charge in [0, 0.05) is 12.1 Å². The van der Waals surface area contributed by atoms with Crippen molar-refractivity contribution >= 4 is 0 Å². The van der Waals surface area contributed by atoms with Gasteiger partial charge in [-0.1, -0.05) is 31.4 Å². The molecule has 0 spiro atoms. The lowest BCUT2D eigenvalue weighted by atomic mass is 10.1. The van der Waals surface area contributed by atoms with Crippen LogP contribution in [0, 0.1) is 6.92 Å². The second kappa shape index (κ2) is 8.11. The van der Waals surface area contributed by atoms with E-state index in [9.17, 15) is 5.11 Å². The van der Waals surface area contributed by atoms with Crippen molar-refractivity contribution < 1.29 is 9.84 Å². The molecule has 0 aliphatic carbocycles. The summed E-state index contributed by atoms with van der Waals surface area (Å²) in [7, 11) is 1.63. The Balaban J connectivity index is 2.49. The molecular weight excluding hydrogens is 226 g/mol. The van der Waals surface area contributed by atoms with E-state index in [1.807, 2.05) is 25.1 Å². The zero-order chi connectivity index (χ0) is 13.4. The van der Waals surface area contributed by atoms with Gasteiger partial charge in [0.05, 0.1) is 13.2 Å². The zero-order valence-electron chi connectivity index (χ0n) is 11.7. The van der Waals surface area contributed by atoms with Crippen LogP contribution < -0.4 is 10.1 Å². The van der Waals surface area contributed by atoms with Gasteiger partial charge in [-0.3, -0.25) is 0 Å². The maximum Gasteiger partial charge on any atom is 0.124 e. The molecule has 1 atom stereocenters. The molecule has 18 heavy (non-hydrogen) atoms. The lowest BCUT2D eigenvalue weighted by molar-refractivity contribution is 0.170. The highest BCUT2D eigenvalue weighted by atomic mass is 16.5. The minimum Gasteiger partial charge on any atom is -0.496 e. The van der Waals surface area contributed by atoms with Crippen LogP contribution in [0.3, 0.4) is 0 Å². The lowest BCUT2D eigenvalue weighted by Gasteiger charge is -2.16. The summed E-state index contributed by atoms with van der Waals surface area (Å²) in [5.41, 5.74) is 2.00. The number of aryl methyl sites for hydroxylation is 1. The van der Waals surface area contributed by atoms with Gasteiger partial charge < -0.3 is 15.2 Å². The molecule has 0 fully saturated rings. The largest absolute Gasteiger partial charge is 0.496 e. The van der Waals surface area contributed by atoms with Crippen molar-refractivity contribution in [2.24, 2.45) is 0 Å². The SMILES string of the molecule is CCCCCNCC(O)c1cc(C)ccc1OC. The fourth-order valence-electron chi connectivity index (χ4n) is 1.96. The van der Waals surface area contributed by atoms with Crippen LogP contribution in [0.25, 0.3) is 0 Å². The Bertz CT molecular complexity index is 352. The van der Waals surface area contributed by atoms with Crippen molar-refractivity contribution in [1.82, 2.24) is 5.32 Å². The highest BCUT2D eigenvalue weighted by molar-refractivity contribution is 5.38. The Morgan fingerprint density at radius 3 is 2.78 bits per heavy atom. The summed E-state index contributed by atoms with van der Waals surface area (Å²) in [6, 6.07) is 5.88. The molecule has 3 nitrogen and oxygen atoms in total. The molecule has 102 valence electrons.